The summed E-state index contributed by atoms with van der Waals surface area (Å²) in [5, 5.41) is 0. The van der Waals surface area contributed by atoms with Gasteiger partial charge in [-0.3, -0.25) is 0 Å². The molecule has 1 saturated heterocycles. The SMILES string of the molecule is CC/C=C/CCCCCC1(c2ncco2)OCCO1. The minimum Gasteiger partial charge on any atom is -0.444 e. The Morgan fingerprint density at radius 3 is 2.74 bits per heavy atom. The van der Waals surface area contributed by atoms with Crippen LogP contribution in [-0.4, -0.2) is 18.2 Å². The number of allylic oxidation sites excluding steroid dienone is 2. The number of nitrogens with zero attached hydrogens (tertiary/aromatic N) is 1. The van der Waals surface area contributed by atoms with Crippen molar-refractivity contribution in [3.63, 3.8) is 0 Å². The van der Waals surface area contributed by atoms with Crippen molar-refractivity contribution in [1.82, 2.24) is 4.98 Å². The zero-order chi connectivity index (χ0) is 13.4. The maximum atomic E-state index is 5.74. The van der Waals surface area contributed by atoms with Gasteiger partial charge in [-0.2, -0.15) is 0 Å². The van der Waals surface area contributed by atoms with E-state index in [2.05, 4.69) is 24.1 Å². The summed E-state index contributed by atoms with van der Waals surface area (Å²) in [6, 6.07) is 0. The molecule has 1 aliphatic rings. The quantitative estimate of drug-likeness (QED) is 0.530. The van der Waals surface area contributed by atoms with Gasteiger partial charge in [0.2, 0.25) is 5.79 Å². The summed E-state index contributed by atoms with van der Waals surface area (Å²) in [7, 11) is 0. The molecule has 4 heteroatoms. The van der Waals surface area contributed by atoms with Crippen LogP contribution >= 0.6 is 0 Å². The molecular formula is C15H23NO3. The van der Waals surface area contributed by atoms with Gasteiger partial charge in [0.25, 0.3) is 5.89 Å². The zero-order valence-electron chi connectivity index (χ0n) is 11.6. The summed E-state index contributed by atoms with van der Waals surface area (Å²) in [5.41, 5.74) is 0. The average molecular weight is 265 g/mol. The van der Waals surface area contributed by atoms with Crippen molar-refractivity contribution in [3.8, 4) is 0 Å². The topological polar surface area (TPSA) is 44.5 Å². The summed E-state index contributed by atoms with van der Waals surface area (Å²) in [5.74, 6) is -0.182. The Hall–Kier alpha value is -1.13. The Morgan fingerprint density at radius 2 is 2.05 bits per heavy atom. The second-order valence-corrected chi connectivity index (χ2v) is 4.77. The van der Waals surface area contributed by atoms with E-state index in [0.29, 0.717) is 19.1 Å². The number of ether oxygens (including phenoxy) is 2. The molecule has 2 rings (SSSR count). The smallest absolute Gasteiger partial charge is 0.255 e. The van der Waals surface area contributed by atoms with Gasteiger partial charge in [0.15, 0.2) is 0 Å². The lowest BCUT2D eigenvalue weighted by molar-refractivity contribution is -0.187. The molecule has 0 aromatic carbocycles. The van der Waals surface area contributed by atoms with Crippen LogP contribution in [0, 0.1) is 0 Å². The van der Waals surface area contributed by atoms with E-state index in [4.69, 9.17) is 13.9 Å². The molecule has 1 fully saturated rings. The number of rotatable bonds is 8. The van der Waals surface area contributed by atoms with Gasteiger partial charge >= 0.3 is 0 Å². The standard InChI is InChI=1S/C15H23NO3/c1-2-3-4-5-6-7-8-9-15(18-12-13-19-15)14-16-10-11-17-14/h3-4,10-11H,2,5-9,12-13H2,1H3/b4-3+. The molecule has 2 heterocycles. The third-order valence-corrected chi connectivity index (χ3v) is 3.29. The molecule has 0 bridgehead atoms. The van der Waals surface area contributed by atoms with Gasteiger partial charge in [-0.25, -0.2) is 4.98 Å². The molecule has 0 spiro atoms. The van der Waals surface area contributed by atoms with Crippen LogP contribution in [0.4, 0.5) is 0 Å². The van der Waals surface area contributed by atoms with Crippen molar-refractivity contribution >= 4 is 0 Å². The fraction of sp³-hybridized carbons (Fsp3) is 0.667. The average Bonchev–Trinajstić information content (AvgIpc) is 3.09. The van der Waals surface area contributed by atoms with Crippen molar-refractivity contribution in [1.29, 1.82) is 0 Å². The van der Waals surface area contributed by atoms with Gasteiger partial charge in [0.05, 0.1) is 19.4 Å². The Bertz CT molecular complexity index is 367. The maximum Gasteiger partial charge on any atom is 0.255 e. The van der Waals surface area contributed by atoms with Crippen LogP contribution in [0.15, 0.2) is 29.0 Å². The predicted molar refractivity (Wildman–Crippen MR) is 72.6 cm³/mol. The highest BCUT2D eigenvalue weighted by molar-refractivity contribution is 4.94. The highest BCUT2D eigenvalue weighted by Crippen LogP contribution is 2.35. The van der Waals surface area contributed by atoms with Crippen molar-refractivity contribution in [2.24, 2.45) is 0 Å². The summed E-state index contributed by atoms with van der Waals surface area (Å²) in [6.45, 7) is 3.38. The van der Waals surface area contributed by atoms with Crippen LogP contribution in [-0.2, 0) is 15.3 Å². The van der Waals surface area contributed by atoms with Gasteiger partial charge in [-0.1, -0.05) is 25.5 Å². The first-order chi connectivity index (χ1) is 9.37. The Labute approximate surface area is 114 Å². The third-order valence-electron chi connectivity index (χ3n) is 3.29. The zero-order valence-corrected chi connectivity index (χ0v) is 11.6. The largest absolute Gasteiger partial charge is 0.444 e. The van der Waals surface area contributed by atoms with Gasteiger partial charge in [0.1, 0.15) is 6.26 Å². The Morgan fingerprint density at radius 1 is 1.21 bits per heavy atom. The van der Waals surface area contributed by atoms with Gasteiger partial charge in [-0.05, 0) is 25.7 Å². The molecule has 4 nitrogen and oxygen atoms in total. The lowest BCUT2D eigenvalue weighted by Crippen LogP contribution is -2.27. The predicted octanol–water partition coefficient (Wildman–Crippen LogP) is 3.79. The van der Waals surface area contributed by atoms with Crippen molar-refractivity contribution in [2.75, 3.05) is 13.2 Å². The molecule has 19 heavy (non-hydrogen) atoms. The summed E-state index contributed by atoms with van der Waals surface area (Å²) in [6.07, 6.45) is 14.2. The first-order valence-electron chi connectivity index (χ1n) is 7.20. The van der Waals surface area contributed by atoms with E-state index in [-0.39, 0.29) is 0 Å². The molecular weight excluding hydrogens is 242 g/mol. The Balaban J connectivity index is 1.74. The normalized spacial score (nSPS) is 18.4. The van der Waals surface area contributed by atoms with Crippen molar-refractivity contribution in [2.45, 2.75) is 51.2 Å². The van der Waals surface area contributed by atoms with Gasteiger partial charge in [-0.15, -0.1) is 0 Å². The number of oxazole rings is 1. The molecule has 0 N–H and O–H groups in total. The molecule has 0 unspecified atom stereocenters. The lowest BCUT2D eigenvalue weighted by Gasteiger charge is -2.23. The Kier molecular flexibility index (Phi) is 5.61. The van der Waals surface area contributed by atoms with Crippen LogP contribution in [0.3, 0.4) is 0 Å². The highest BCUT2D eigenvalue weighted by Gasteiger charge is 2.42. The lowest BCUT2D eigenvalue weighted by atomic mass is 10.1. The molecule has 106 valence electrons. The van der Waals surface area contributed by atoms with Gasteiger partial charge < -0.3 is 13.9 Å². The van der Waals surface area contributed by atoms with E-state index < -0.39 is 5.79 Å². The van der Waals surface area contributed by atoms with Gasteiger partial charge in [0, 0.05) is 6.42 Å². The summed E-state index contributed by atoms with van der Waals surface area (Å²) >= 11 is 0. The van der Waals surface area contributed by atoms with Crippen molar-refractivity contribution in [3.05, 3.63) is 30.5 Å². The van der Waals surface area contributed by atoms with E-state index in [1.165, 1.54) is 12.8 Å². The molecule has 1 aromatic heterocycles. The van der Waals surface area contributed by atoms with E-state index in [9.17, 15) is 0 Å². The number of unbranched alkanes of at least 4 members (excludes halogenated alkanes) is 3. The van der Waals surface area contributed by atoms with Crippen LogP contribution < -0.4 is 0 Å². The fourth-order valence-electron chi connectivity index (χ4n) is 2.32. The highest BCUT2D eigenvalue weighted by atomic mass is 16.7. The maximum absolute atomic E-state index is 5.74. The molecule has 1 aliphatic heterocycles. The minimum absolute atomic E-state index is 0.552. The van der Waals surface area contributed by atoms with E-state index in [1.807, 2.05) is 0 Å². The third kappa shape index (κ3) is 3.91. The van der Waals surface area contributed by atoms with E-state index >= 15 is 0 Å². The first kappa shape index (κ1) is 14.3. The second kappa shape index (κ2) is 7.46. The first-order valence-corrected chi connectivity index (χ1v) is 7.20. The van der Waals surface area contributed by atoms with E-state index in [1.54, 1.807) is 12.5 Å². The van der Waals surface area contributed by atoms with Crippen LogP contribution in [0.25, 0.3) is 0 Å². The second-order valence-electron chi connectivity index (χ2n) is 4.77. The molecule has 0 saturated carbocycles. The van der Waals surface area contributed by atoms with Crippen molar-refractivity contribution < 1.29 is 13.9 Å². The van der Waals surface area contributed by atoms with Crippen LogP contribution in [0.1, 0.15) is 51.3 Å². The number of hydrogen-bond donors (Lipinski definition) is 0. The van der Waals surface area contributed by atoms with Crippen LogP contribution in [0.5, 0.6) is 0 Å². The summed E-state index contributed by atoms with van der Waals surface area (Å²) in [4.78, 5) is 4.18. The van der Waals surface area contributed by atoms with Crippen LogP contribution in [0.2, 0.25) is 0 Å². The molecule has 0 amide bonds. The molecule has 1 aromatic rings. The minimum atomic E-state index is -0.733. The summed E-state index contributed by atoms with van der Waals surface area (Å²) < 4.78 is 16.8. The fourth-order valence-corrected chi connectivity index (χ4v) is 2.32. The molecule has 0 radical (unpaired) electrons. The number of aromatic nitrogens is 1. The molecule has 0 atom stereocenters. The van der Waals surface area contributed by atoms with E-state index in [0.717, 1.165) is 25.7 Å². The number of hydrogen-bond acceptors (Lipinski definition) is 4. The molecule has 0 aliphatic carbocycles. The monoisotopic (exact) mass is 265 g/mol.